The van der Waals surface area contributed by atoms with Crippen molar-refractivity contribution in [3.8, 4) is 0 Å². The predicted octanol–water partition coefficient (Wildman–Crippen LogP) is 1.61. The van der Waals surface area contributed by atoms with Gasteiger partial charge in [-0.2, -0.15) is 0 Å². The quantitative estimate of drug-likeness (QED) is 0.252. The molecule has 0 aromatic rings. The van der Waals surface area contributed by atoms with Crippen molar-refractivity contribution in [1.82, 2.24) is 10.6 Å². The van der Waals surface area contributed by atoms with E-state index in [0.29, 0.717) is 19.5 Å². The van der Waals surface area contributed by atoms with Crippen LogP contribution in [0.4, 0.5) is 4.79 Å². The Morgan fingerprint density at radius 1 is 0.714 bits per heavy atom. The molecule has 1 amide bonds. The first-order chi connectivity index (χ1) is 13.2. The van der Waals surface area contributed by atoms with Gasteiger partial charge in [0, 0.05) is 40.7 Å². The zero-order chi connectivity index (χ0) is 21.4. The lowest BCUT2D eigenvalue weighted by molar-refractivity contribution is -0.183. The molecule has 10 nitrogen and oxygen atoms in total. The number of alkyl carbamates (subject to hydrolysis) is 1. The van der Waals surface area contributed by atoms with Gasteiger partial charge in [-0.15, -0.1) is 0 Å². The Kier molecular flexibility index (Phi) is 14.4. The van der Waals surface area contributed by atoms with Crippen LogP contribution in [0.3, 0.4) is 0 Å². The predicted molar refractivity (Wildman–Crippen MR) is 99.0 cm³/mol. The van der Waals surface area contributed by atoms with Crippen molar-refractivity contribution in [2.75, 3.05) is 19.6 Å². The first-order valence-corrected chi connectivity index (χ1v) is 9.39. The molecule has 0 aromatic heterocycles. The Morgan fingerprint density at radius 2 is 1.25 bits per heavy atom. The minimum Gasteiger partial charge on any atom is -0.426 e. The minimum atomic E-state index is -0.913. The number of unbranched alkanes of at least 4 members (excludes halogenated alkanes) is 2. The normalized spacial score (nSPS) is 12.4. The van der Waals surface area contributed by atoms with Gasteiger partial charge in [-0.25, -0.2) is 4.79 Å². The molecule has 28 heavy (non-hydrogen) atoms. The van der Waals surface area contributed by atoms with Gasteiger partial charge >= 0.3 is 24.0 Å². The number of carbonyl (C=O) groups excluding carboxylic acids is 4. The molecular weight excluding hydrogens is 372 g/mol. The maximum atomic E-state index is 11.5. The Morgan fingerprint density at radius 3 is 1.86 bits per heavy atom. The molecule has 10 heteroatoms. The van der Waals surface area contributed by atoms with E-state index in [-0.39, 0.29) is 6.42 Å². The topological polar surface area (TPSA) is 129 Å². The lowest BCUT2D eigenvalue weighted by Crippen LogP contribution is -2.30. The third-order valence-corrected chi connectivity index (χ3v) is 3.27. The van der Waals surface area contributed by atoms with E-state index < -0.39 is 36.6 Å². The summed E-state index contributed by atoms with van der Waals surface area (Å²) in [5.74, 6) is -1.41. The highest BCUT2D eigenvalue weighted by atomic mass is 16.7. The molecule has 0 bridgehead atoms. The monoisotopic (exact) mass is 404 g/mol. The average Bonchev–Trinajstić information content (AvgIpc) is 2.54. The molecule has 0 fully saturated rings. The van der Waals surface area contributed by atoms with E-state index in [4.69, 9.17) is 14.2 Å². The van der Waals surface area contributed by atoms with Gasteiger partial charge in [-0.1, -0.05) is 6.42 Å². The Bertz CT molecular complexity index is 454. The maximum absolute atomic E-state index is 11.5. The summed E-state index contributed by atoms with van der Waals surface area (Å²) in [7, 11) is 0. The van der Waals surface area contributed by atoms with E-state index in [1.165, 1.54) is 27.7 Å². The summed E-state index contributed by atoms with van der Waals surface area (Å²) in [6, 6.07) is 0. The van der Waals surface area contributed by atoms with Crippen molar-refractivity contribution >= 4 is 24.0 Å². The van der Waals surface area contributed by atoms with E-state index in [9.17, 15) is 19.2 Å². The molecule has 0 spiro atoms. The van der Waals surface area contributed by atoms with Crippen molar-refractivity contribution < 1.29 is 38.1 Å². The van der Waals surface area contributed by atoms with Crippen molar-refractivity contribution in [1.29, 1.82) is 0 Å². The number of rotatable bonds is 14. The summed E-state index contributed by atoms with van der Waals surface area (Å²) in [5.41, 5.74) is 0. The Balaban J connectivity index is 3.46. The maximum Gasteiger partial charge on any atom is 0.410 e. The second-order valence-electron chi connectivity index (χ2n) is 6.09. The molecule has 0 aromatic carbocycles. The third kappa shape index (κ3) is 17.1. The fraction of sp³-hybridized carbons (Fsp3) is 0.778. The number of amides is 1. The molecular formula is C18H32N2O8. The molecule has 0 saturated carbocycles. The lowest BCUT2D eigenvalue weighted by atomic mass is 10.2. The van der Waals surface area contributed by atoms with Crippen LogP contribution in [0.15, 0.2) is 0 Å². The van der Waals surface area contributed by atoms with Crippen LogP contribution in [0.5, 0.6) is 0 Å². The van der Waals surface area contributed by atoms with Gasteiger partial charge in [0.05, 0.1) is 0 Å². The molecule has 162 valence electrons. The molecule has 0 unspecified atom stereocenters. The van der Waals surface area contributed by atoms with Gasteiger partial charge in [0.25, 0.3) is 0 Å². The largest absolute Gasteiger partial charge is 0.426 e. The molecule has 0 radical (unpaired) electrons. The van der Waals surface area contributed by atoms with Crippen LogP contribution < -0.4 is 10.6 Å². The van der Waals surface area contributed by atoms with E-state index in [2.05, 4.69) is 15.4 Å². The molecule has 0 aliphatic carbocycles. The molecule has 0 rings (SSSR count). The van der Waals surface area contributed by atoms with Crippen molar-refractivity contribution in [2.45, 2.75) is 72.4 Å². The van der Waals surface area contributed by atoms with E-state index in [0.717, 1.165) is 25.8 Å². The first kappa shape index (κ1) is 25.6. The SMILES string of the molecule is CC(=O)O[C@H](C)OC(=O)CCCNCCCCCNC(=O)O[C@@H](C)OC(C)=O. The van der Waals surface area contributed by atoms with Crippen molar-refractivity contribution in [3.63, 3.8) is 0 Å². The molecule has 0 heterocycles. The van der Waals surface area contributed by atoms with Crippen molar-refractivity contribution in [3.05, 3.63) is 0 Å². The summed E-state index contributed by atoms with van der Waals surface area (Å²) in [6.07, 6.45) is 1.09. The molecule has 0 saturated heterocycles. The summed E-state index contributed by atoms with van der Waals surface area (Å²) < 4.78 is 19.1. The van der Waals surface area contributed by atoms with E-state index in [1.807, 2.05) is 0 Å². The van der Waals surface area contributed by atoms with Crippen LogP contribution in [-0.2, 0) is 33.3 Å². The van der Waals surface area contributed by atoms with Gasteiger partial charge in [0.1, 0.15) is 0 Å². The van der Waals surface area contributed by atoms with E-state index >= 15 is 0 Å². The third-order valence-electron chi connectivity index (χ3n) is 3.27. The van der Waals surface area contributed by atoms with Crippen LogP contribution >= 0.6 is 0 Å². The number of nitrogens with one attached hydrogen (secondary N) is 2. The van der Waals surface area contributed by atoms with Crippen LogP contribution in [-0.4, -0.2) is 56.2 Å². The second-order valence-corrected chi connectivity index (χ2v) is 6.09. The average molecular weight is 404 g/mol. The van der Waals surface area contributed by atoms with E-state index in [1.54, 1.807) is 0 Å². The Hall–Kier alpha value is -2.36. The summed E-state index contributed by atoms with van der Waals surface area (Å²) in [4.78, 5) is 44.3. The molecule has 2 atom stereocenters. The van der Waals surface area contributed by atoms with Crippen LogP contribution in [0.1, 0.15) is 59.8 Å². The smallest absolute Gasteiger partial charge is 0.410 e. The standard InChI is InChI=1S/C18H32N2O8/c1-13(21)25-15(3)27-17(23)9-8-11-19-10-6-5-7-12-20-18(24)28-16(4)26-14(2)22/h15-16,19H,5-12H2,1-4H3,(H,20,24)/t15-,16-/m0/s1. The highest BCUT2D eigenvalue weighted by molar-refractivity contribution is 5.70. The Labute approximate surface area is 165 Å². The van der Waals surface area contributed by atoms with Gasteiger partial charge in [0.2, 0.25) is 12.6 Å². The van der Waals surface area contributed by atoms with Gasteiger partial charge in [-0.05, 0) is 32.4 Å². The lowest BCUT2D eigenvalue weighted by Gasteiger charge is -2.13. The zero-order valence-corrected chi connectivity index (χ0v) is 17.1. The number of hydrogen-bond acceptors (Lipinski definition) is 9. The molecule has 0 aliphatic rings. The fourth-order valence-electron chi connectivity index (χ4n) is 2.18. The summed E-state index contributed by atoms with van der Waals surface area (Å²) in [5, 5.41) is 5.80. The number of ether oxygens (including phenoxy) is 4. The first-order valence-electron chi connectivity index (χ1n) is 9.39. The second kappa shape index (κ2) is 15.7. The van der Waals surface area contributed by atoms with Gasteiger partial charge in [-0.3, -0.25) is 14.4 Å². The van der Waals surface area contributed by atoms with Crippen LogP contribution in [0.25, 0.3) is 0 Å². The highest BCUT2D eigenvalue weighted by Crippen LogP contribution is 2.00. The molecule has 0 aliphatic heterocycles. The summed E-state index contributed by atoms with van der Waals surface area (Å²) >= 11 is 0. The summed E-state index contributed by atoms with van der Waals surface area (Å²) in [6.45, 7) is 7.39. The van der Waals surface area contributed by atoms with Gasteiger partial charge < -0.3 is 29.6 Å². The zero-order valence-electron chi connectivity index (χ0n) is 17.1. The molecule has 2 N–H and O–H groups in total. The highest BCUT2D eigenvalue weighted by Gasteiger charge is 2.11. The van der Waals surface area contributed by atoms with Crippen LogP contribution in [0.2, 0.25) is 0 Å². The van der Waals surface area contributed by atoms with Crippen LogP contribution in [0, 0.1) is 0 Å². The minimum absolute atomic E-state index is 0.246. The fourth-order valence-corrected chi connectivity index (χ4v) is 2.18. The number of carbonyl (C=O) groups is 4. The number of hydrogen-bond donors (Lipinski definition) is 2. The number of esters is 3. The van der Waals surface area contributed by atoms with Crippen molar-refractivity contribution in [2.24, 2.45) is 0 Å². The van der Waals surface area contributed by atoms with Gasteiger partial charge in [0.15, 0.2) is 0 Å².